The molecule has 2 heterocycles. The number of piperidine rings is 2. The lowest BCUT2D eigenvalue weighted by molar-refractivity contribution is 0.214. The minimum absolute atomic E-state index is 0. The minimum Gasteiger partial charge on any atom is -0.370 e. The number of halogens is 1. The van der Waals surface area contributed by atoms with Crippen molar-refractivity contribution in [2.24, 2.45) is 22.6 Å². The predicted molar refractivity (Wildman–Crippen MR) is 96.7 cm³/mol. The second-order valence-electron chi connectivity index (χ2n) is 6.47. The Bertz CT molecular complexity index is 300. The lowest BCUT2D eigenvalue weighted by Crippen LogP contribution is -2.43. The molecule has 5 heteroatoms. The SMILES string of the molecule is CC1CCCN(C(N)=NCCC2CCN(C)CC2)C1.I. The molecule has 2 rings (SSSR count). The molecule has 1 atom stereocenters. The van der Waals surface area contributed by atoms with Gasteiger partial charge in [-0.3, -0.25) is 4.99 Å². The Morgan fingerprint density at radius 3 is 2.55 bits per heavy atom. The van der Waals surface area contributed by atoms with Gasteiger partial charge in [0.1, 0.15) is 0 Å². The van der Waals surface area contributed by atoms with E-state index in [9.17, 15) is 0 Å². The van der Waals surface area contributed by atoms with Gasteiger partial charge in [-0.15, -0.1) is 24.0 Å². The van der Waals surface area contributed by atoms with Crippen LogP contribution < -0.4 is 5.73 Å². The summed E-state index contributed by atoms with van der Waals surface area (Å²) in [4.78, 5) is 9.29. The molecule has 0 bridgehead atoms. The summed E-state index contributed by atoms with van der Waals surface area (Å²) < 4.78 is 0. The fraction of sp³-hybridized carbons (Fsp3) is 0.933. The van der Waals surface area contributed by atoms with Crippen LogP contribution in [0, 0.1) is 11.8 Å². The second kappa shape index (κ2) is 9.07. The van der Waals surface area contributed by atoms with Gasteiger partial charge in [0.25, 0.3) is 0 Å². The van der Waals surface area contributed by atoms with Gasteiger partial charge < -0.3 is 15.5 Å². The van der Waals surface area contributed by atoms with Gasteiger partial charge in [0.2, 0.25) is 0 Å². The zero-order valence-corrected chi connectivity index (χ0v) is 15.4. The first kappa shape index (κ1) is 18.0. The van der Waals surface area contributed by atoms with Crippen LogP contribution in [0.4, 0.5) is 0 Å². The van der Waals surface area contributed by atoms with E-state index in [1.165, 1.54) is 45.2 Å². The smallest absolute Gasteiger partial charge is 0.191 e. The average Bonchev–Trinajstić information content (AvgIpc) is 2.41. The number of hydrogen-bond donors (Lipinski definition) is 1. The molecule has 2 fully saturated rings. The van der Waals surface area contributed by atoms with Gasteiger partial charge >= 0.3 is 0 Å². The van der Waals surface area contributed by atoms with E-state index in [1.807, 2.05) is 0 Å². The van der Waals surface area contributed by atoms with Crippen molar-refractivity contribution < 1.29 is 0 Å². The van der Waals surface area contributed by atoms with E-state index in [4.69, 9.17) is 5.73 Å². The highest BCUT2D eigenvalue weighted by atomic mass is 127. The number of guanidine groups is 1. The van der Waals surface area contributed by atoms with Crippen LogP contribution in [0.25, 0.3) is 0 Å². The predicted octanol–water partition coefficient (Wildman–Crippen LogP) is 2.38. The molecule has 0 aliphatic carbocycles. The molecule has 2 aliphatic heterocycles. The number of nitrogens with two attached hydrogens (primary N) is 1. The maximum atomic E-state index is 6.12. The van der Waals surface area contributed by atoms with Crippen LogP contribution in [0.15, 0.2) is 4.99 Å². The molecule has 4 nitrogen and oxygen atoms in total. The zero-order chi connectivity index (χ0) is 13.7. The normalized spacial score (nSPS) is 26.4. The van der Waals surface area contributed by atoms with Gasteiger partial charge in [0.05, 0.1) is 0 Å². The maximum Gasteiger partial charge on any atom is 0.191 e. The highest BCUT2D eigenvalue weighted by molar-refractivity contribution is 14.0. The molecule has 0 aromatic rings. The van der Waals surface area contributed by atoms with Crippen LogP contribution in [-0.2, 0) is 0 Å². The number of aliphatic imine (C=N–C) groups is 1. The third kappa shape index (κ3) is 5.76. The molecule has 0 radical (unpaired) electrons. The van der Waals surface area contributed by atoms with Gasteiger partial charge in [-0.2, -0.15) is 0 Å². The summed E-state index contributed by atoms with van der Waals surface area (Å²) in [5, 5.41) is 0. The minimum atomic E-state index is 0. The fourth-order valence-electron chi connectivity index (χ4n) is 3.21. The van der Waals surface area contributed by atoms with E-state index in [0.717, 1.165) is 37.4 Å². The maximum absolute atomic E-state index is 6.12. The van der Waals surface area contributed by atoms with Gasteiger partial charge in [-0.25, -0.2) is 0 Å². The molecule has 118 valence electrons. The van der Waals surface area contributed by atoms with Crippen molar-refractivity contribution >= 4 is 29.9 Å². The van der Waals surface area contributed by atoms with E-state index >= 15 is 0 Å². The third-order valence-electron chi connectivity index (χ3n) is 4.63. The molecule has 1 unspecified atom stereocenters. The highest BCUT2D eigenvalue weighted by Gasteiger charge is 2.18. The summed E-state index contributed by atoms with van der Waals surface area (Å²) in [7, 11) is 2.21. The Kier molecular flexibility index (Phi) is 8.17. The van der Waals surface area contributed by atoms with E-state index in [0.29, 0.717) is 0 Å². The van der Waals surface area contributed by atoms with Crippen LogP contribution in [0.5, 0.6) is 0 Å². The summed E-state index contributed by atoms with van der Waals surface area (Å²) in [6, 6.07) is 0. The van der Waals surface area contributed by atoms with Gasteiger partial charge in [0, 0.05) is 19.6 Å². The van der Waals surface area contributed by atoms with Crippen LogP contribution in [0.2, 0.25) is 0 Å². The Morgan fingerprint density at radius 2 is 1.90 bits per heavy atom. The van der Waals surface area contributed by atoms with Crippen molar-refractivity contribution in [1.29, 1.82) is 0 Å². The highest BCUT2D eigenvalue weighted by Crippen LogP contribution is 2.19. The summed E-state index contributed by atoms with van der Waals surface area (Å²) in [6.07, 6.45) is 6.45. The molecule has 0 amide bonds. The Hall–Kier alpha value is -0.0400. The average molecular weight is 394 g/mol. The van der Waals surface area contributed by atoms with Crippen LogP contribution in [-0.4, -0.2) is 55.5 Å². The summed E-state index contributed by atoms with van der Waals surface area (Å²) in [5.41, 5.74) is 6.12. The van der Waals surface area contributed by atoms with Gasteiger partial charge in [0.15, 0.2) is 5.96 Å². The molecule has 0 aromatic carbocycles. The van der Waals surface area contributed by atoms with Crippen molar-refractivity contribution in [1.82, 2.24) is 9.80 Å². The summed E-state index contributed by atoms with van der Waals surface area (Å²) >= 11 is 0. The first-order valence-corrected chi connectivity index (χ1v) is 7.88. The van der Waals surface area contributed by atoms with E-state index in [2.05, 4.69) is 28.8 Å². The van der Waals surface area contributed by atoms with E-state index in [-0.39, 0.29) is 24.0 Å². The fourth-order valence-corrected chi connectivity index (χ4v) is 3.21. The van der Waals surface area contributed by atoms with Crippen molar-refractivity contribution in [2.75, 3.05) is 39.8 Å². The summed E-state index contributed by atoms with van der Waals surface area (Å²) in [6.45, 7) is 7.88. The standard InChI is InChI=1S/C15H30N4.HI/c1-13-4-3-9-19(12-13)15(16)17-8-5-14-6-10-18(2)11-7-14;/h13-14H,3-12H2,1-2H3,(H2,16,17);1H. The summed E-state index contributed by atoms with van der Waals surface area (Å²) in [5.74, 6) is 2.39. The largest absolute Gasteiger partial charge is 0.370 e. The Balaban J connectivity index is 0.00000200. The topological polar surface area (TPSA) is 44.9 Å². The van der Waals surface area contributed by atoms with Crippen molar-refractivity contribution in [3.05, 3.63) is 0 Å². The van der Waals surface area contributed by atoms with Crippen LogP contribution in [0.1, 0.15) is 39.0 Å². The zero-order valence-electron chi connectivity index (χ0n) is 13.1. The molecule has 2 saturated heterocycles. The molecule has 0 spiro atoms. The Morgan fingerprint density at radius 1 is 1.20 bits per heavy atom. The van der Waals surface area contributed by atoms with E-state index < -0.39 is 0 Å². The lowest BCUT2D eigenvalue weighted by atomic mass is 9.94. The number of likely N-dealkylation sites (tertiary alicyclic amines) is 2. The molecule has 2 N–H and O–H groups in total. The van der Waals surface area contributed by atoms with E-state index in [1.54, 1.807) is 0 Å². The van der Waals surface area contributed by atoms with Gasteiger partial charge in [-0.05, 0) is 64.1 Å². The molecule has 20 heavy (non-hydrogen) atoms. The first-order chi connectivity index (χ1) is 9.15. The molecular formula is C15H31IN4. The quantitative estimate of drug-likeness (QED) is 0.454. The Labute approximate surface area is 141 Å². The first-order valence-electron chi connectivity index (χ1n) is 7.88. The van der Waals surface area contributed by atoms with Crippen LogP contribution >= 0.6 is 24.0 Å². The van der Waals surface area contributed by atoms with Crippen molar-refractivity contribution in [3.63, 3.8) is 0 Å². The van der Waals surface area contributed by atoms with Gasteiger partial charge in [-0.1, -0.05) is 6.92 Å². The van der Waals surface area contributed by atoms with Crippen molar-refractivity contribution in [3.8, 4) is 0 Å². The molecule has 2 aliphatic rings. The number of nitrogens with zero attached hydrogens (tertiary/aromatic N) is 3. The number of hydrogen-bond acceptors (Lipinski definition) is 2. The molecular weight excluding hydrogens is 363 g/mol. The third-order valence-corrected chi connectivity index (χ3v) is 4.63. The lowest BCUT2D eigenvalue weighted by Gasteiger charge is -2.32. The van der Waals surface area contributed by atoms with Crippen molar-refractivity contribution in [2.45, 2.75) is 39.0 Å². The number of rotatable bonds is 3. The second-order valence-corrected chi connectivity index (χ2v) is 6.47. The molecule has 0 aromatic heterocycles. The van der Waals surface area contributed by atoms with Crippen LogP contribution in [0.3, 0.4) is 0 Å². The monoisotopic (exact) mass is 394 g/mol. The molecule has 0 saturated carbocycles.